The molecule has 0 atom stereocenters. The number of fused-ring (bicyclic) bond motifs is 1. The van der Waals surface area contributed by atoms with Gasteiger partial charge in [-0.15, -0.1) is 0 Å². The molecule has 188 valence electrons. The second kappa shape index (κ2) is 12.1. The first-order valence-corrected chi connectivity index (χ1v) is 11.9. The van der Waals surface area contributed by atoms with Crippen molar-refractivity contribution in [3.05, 3.63) is 67.1 Å². The van der Waals surface area contributed by atoms with Gasteiger partial charge in [0.05, 0.1) is 5.39 Å². The van der Waals surface area contributed by atoms with Gasteiger partial charge in [0, 0.05) is 51.0 Å². The van der Waals surface area contributed by atoms with Crippen LogP contribution in [0.15, 0.2) is 67.1 Å². The minimum Gasteiger partial charge on any atom is -0.457 e. The lowest BCUT2D eigenvalue weighted by Crippen LogP contribution is -2.40. The number of hydrogen-bond acceptors (Lipinski definition) is 8. The van der Waals surface area contributed by atoms with Crippen molar-refractivity contribution < 1.29 is 9.53 Å². The SMILES string of the molecule is NCCN(CCN)CCNC(=O)Cn1cc(-c2ccc(Oc3ccccc3)cc2)c2c(N)ncnc21. The molecule has 0 fully saturated rings. The number of nitrogens with two attached hydrogens (primary N) is 3. The van der Waals surface area contributed by atoms with Crippen LogP contribution in [-0.4, -0.2) is 64.6 Å². The Kier molecular flexibility index (Phi) is 8.45. The molecule has 4 rings (SSSR count). The van der Waals surface area contributed by atoms with E-state index in [1.165, 1.54) is 6.33 Å². The van der Waals surface area contributed by atoms with E-state index in [2.05, 4.69) is 20.2 Å². The normalized spacial score (nSPS) is 11.2. The number of benzene rings is 2. The van der Waals surface area contributed by atoms with E-state index in [-0.39, 0.29) is 12.5 Å². The summed E-state index contributed by atoms with van der Waals surface area (Å²) in [5, 5.41) is 3.67. The lowest BCUT2D eigenvalue weighted by atomic mass is 10.1. The van der Waals surface area contributed by atoms with Crippen molar-refractivity contribution in [2.45, 2.75) is 6.54 Å². The molecule has 0 saturated carbocycles. The van der Waals surface area contributed by atoms with Crippen LogP contribution in [0.25, 0.3) is 22.2 Å². The first kappa shape index (κ1) is 25.1. The Hall–Kier alpha value is -3.99. The summed E-state index contributed by atoms with van der Waals surface area (Å²) in [6.45, 7) is 3.87. The van der Waals surface area contributed by atoms with Crippen LogP contribution in [0.4, 0.5) is 5.82 Å². The maximum absolute atomic E-state index is 12.7. The van der Waals surface area contributed by atoms with Gasteiger partial charge in [0.25, 0.3) is 0 Å². The monoisotopic (exact) mass is 488 g/mol. The molecule has 2 heterocycles. The fraction of sp³-hybridized carbons (Fsp3) is 0.269. The quantitative estimate of drug-likeness (QED) is 0.236. The van der Waals surface area contributed by atoms with Gasteiger partial charge in [0.15, 0.2) is 0 Å². The van der Waals surface area contributed by atoms with E-state index in [1.54, 1.807) is 4.57 Å². The summed E-state index contributed by atoms with van der Waals surface area (Å²) in [7, 11) is 0. The second-order valence-corrected chi connectivity index (χ2v) is 8.34. The summed E-state index contributed by atoms with van der Waals surface area (Å²) in [5.41, 5.74) is 19.9. The number of carbonyl (C=O) groups is 1. The molecule has 7 N–H and O–H groups in total. The average molecular weight is 489 g/mol. The molecular weight excluding hydrogens is 456 g/mol. The number of nitrogens with one attached hydrogen (secondary N) is 1. The Morgan fingerprint density at radius 2 is 1.64 bits per heavy atom. The highest BCUT2D eigenvalue weighted by molar-refractivity contribution is 6.01. The third-order valence-electron chi connectivity index (χ3n) is 5.78. The van der Waals surface area contributed by atoms with E-state index in [0.29, 0.717) is 43.0 Å². The number of carbonyl (C=O) groups excluding carboxylic acids is 1. The highest BCUT2D eigenvalue weighted by atomic mass is 16.5. The number of nitrogen functional groups attached to an aromatic ring is 1. The Labute approximate surface area is 210 Å². The summed E-state index contributed by atoms with van der Waals surface area (Å²) < 4.78 is 7.69. The van der Waals surface area contributed by atoms with Crippen molar-refractivity contribution >= 4 is 22.8 Å². The van der Waals surface area contributed by atoms with E-state index in [1.807, 2.05) is 60.8 Å². The van der Waals surface area contributed by atoms with Crippen LogP contribution in [0.5, 0.6) is 11.5 Å². The number of ether oxygens (including phenoxy) is 1. The maximum atomic E-state index is 12.7. The highest BCUT2D eigenvalue weighted by Gasteiger charge is 2.17. The molecule has 2 aromatic heterocycles. The van der Waals surface area contributed by atoms with Gasteiger partial charge in [0.1, 0.15) is 35.8 Å². The topological polar surface area (TPSA) is 150 Å². The summed E-state index contributed by atoms with van der Waals surface area (Å²) in [5.74, 6) is 1.72. The number of amides is 1. The number of rotatable bonds is 12. The molecular formula is C26H32N8O2. The van der Waals surface area contributed by atoms with Crippen molar-refractivity contribution in [3.63, 3.8) is 0 Å². The molecule has 0 bridgehead atoms. The van der Waals surface area contributed by atoms with Gasteiger partial charge in [-0.1, -0.05) is 30.3 Å². The van der Waals surface area contributed by atoms with E-state index >= 15 is 0 Å². The van der Waals surface area contributed by atoms with Crippen LogP contribution in [0.2, 0.25) is 0 Å². The number of nitrogens with zero attached hydrogens (tertiary/aromatic N) is 4. The van der Waals surface area contributed by atoms with Gasteiger partial charge >= 0.3 is 0 Å². The average Bonchev–Trinajstić information content (AvgIpc) is 3.25. The van der Waals surface area contributed by atoms with Gasteiger partial charge in [0.2, 0.25) is 5.91 Å². The Bertz CT molecular complexity index is 1270. The van der Waals surface area contributed by atoms with Crippen molar-refractivity contribution in [1.29, 1.82) is 0 Å². The van der Waals surface area contributed by atoms with Crippen LogP contribution in [0.1, 0.15) is 0 Å². The molecule has 0 aliphatic carbocycles. The highest BCUT2D eigenvalue weighted by Crippen LogP contribution is 2.34. The van der Waals surface area contributed by atoms with Crippen LogP contribution in [0, 0.1) is 0 Å². The summed E-state index contributed by atoms with van der Waals surface area (Å²) in [4.78, 5) is 23.4. The van der Waals surface area contributed by atoms with Crippen molar-refractivity contribution in [1.82, 2.24) is 24.8 Å². The zero-order valence-corrected chi connectivity index (χ0v) is 20.1. The summed E-state index contributed by atoms with van der Waals surface area (Å²) >= 11 is 0. The van der Waals surface area contributed by atoms with Crippen LogP contribution in [-0.2, 0) is 11.3 Å². The molecule has 0 spiro atoms. The Balaban J connectivity index is 1.49. The summed E-state index contributed by atoms with van der Waals surface area (Å²) in [6, 6.07) is 17.3. The standard InChI is InChI=1S/C26H32N8O2/c27-10-13-33(14-11-28)15-12-30-23(35)17-34-16-22(24-25(29)31-18-32-26(24)34)19-6-8-21(9-7-19)36-20-4-2-1-3-5-20/h1-9,16,18H,10-15,17,27-28H2,(H,30,35)(H2,29,31,32). The van der Waals surface area contributed by atoms with Gasteiger partial charge in [-0.2, -0.15) is 0 Å². The van der Waals surface area contributed by atoms with Gasteiger partial charge in [-0.25, -0.2) is 9.97 Å². The first-order chi connectivity index (χ1) is 17.6. The zero-order chi connectivity index (χ0) is 25.3. The first-order valence-electron chi connectivity index (χ1n) is 11.9. The van der Waals surface area contributed by atoms with Gasteiger partial charge in [-0.3, -0.25) is 9.69 Å². The fourth-order valence-corrected chi connectivity index (χ4v) is 4.08. The molecule has 0 radical (unpaired) electrons. The Morgan fingerprint density at radius 3 is 2.33 bits per heavy atom. The Morgan fingerprint density at radius 1 is 0.944 bits per heavy atom. The number of hydrogen-bond donors (Lipinski definition) is 4. The van der Waals surface area contributed by atoms with E-state index in [4.69, 9.17) is 21.9 Å². The molecule has 2 aromatic carbocycles. The number of aromatic nitrogens is 3. The molecule has 10 nitrogen and oxygen atoms in total. The third-order valence-corrected chi connectivity index (χ3v) is 5.78. The molecule has 0 aliphatic rings. The largest absolute Gasteiger partial charge is 0.457 e. The molecule has 4 aromatic rings. The zero-order valence-electron chi connectivity index (χ0n) is 20.1. The van der Waals surface area contributed by atoms with Gasteiger partial charge < -0.3 is 31.8 Å². The molecule has 0 unspecified atom stereocenters. The van der Waals surface area contributed by atoms with Crippen LogP contribution < -0.4 is 27.3 Å². The molecule has 1 amide bonds. The molecule has 10 heteroatoms. The molecule has 0 saturated heterocycles. The smallest absolute Gasteiger partial charge is 0.240 e. The van der Waals surface area contributed by atoms with Crippen LogP contribution in [0.3, 0.4) is 0 Å². The lowest BCUT2D eigenvalue weighted by molar-refractivity contribution is -0.121. The fourth-order valence-electron chi connectivity index (χ4n) is 4.08. The van der Waals surface area contributed by atoms with E-state index < -0.39 is 0 Å². The minimum atomic E-state index is -0.123. The lowest BCUT2D eigenvalue weighted by Gasteiger charge is -2.20. The number of para-hydroxylation sites is 1. The maximum Gasteiger partial charge on any atom is 0.240 e. The number of anilines is 1. The van der Waals surface area contributed by atoms with Crippen molar-refractivity contribution in [2.24, 2.45) is 11.5 Å². The second-order valence-electron chi connectivity index (χ2n) is 8.34. The van der Waals surface area contributed by atoms with Gasteiger partial charge in [-0.05, 0) is 29.8 Å². The predicted octanol–water partition coefficient (Wildman–Crippen LogP) is 1.81. The van der Waals surface area contributed by atoms with E-state index in [0.717, 1.165) is 35.7 Å². The minimum absolute atomic E-state index is 0.107. The van der Waals surface area contributed by atoms with Crippen molar-refractivity contribution in [2.75, 3.05) is 45.0 Å². The molecule has 36 heavy (non-hydrogen) atoms. The summed E-state index contributed by atoms with van der Waals surface area (Å²) in [6.07, 6.45) is 3.29. The molecule has 0 aliphatic heterocycles. The third kappa shape index (κ3) is 6.16. The van der Waals surface area contributed by atoms with E-state index in [9.17, 15) is 4.79 Å². The predicted molar refractivity (Wildman–Crippen MR) is 141 cm³/mol. The van der Waals surface area contributed by atoms with Crippen molar-refractivity contribution in [3.8, 4) is 22.6 Å². The van der Waals surface area contributed by atoms with Crippen LogP contribution >= 0.6 is 0 Å².